The Labute approximate surface area is 113 Å². The van der Waals surface area contributed by atoms with Gasteiger partial charge in [-0.2, -0.15) is 0 Å². The minimum absolute atomic E-state index is 0.0150. The number of carbonyl (C=O) groups is 1. The lowest BCUT2D eigenvalue weighted by Gasteiger charge is -2.39. The number of amides is 1. The Hall–Kier alpha value is -1.42. The molecular weight excluding hydrogens is 243 g/mol. The molecule has 0 unspecified atom stereocenters. The summed E-state index contributed by atoms with van der Waals surface area (Å²) in [4.78, 5) is 14.3. The second-order valence-electron chi connectivity index (χ2n) is 5.36. The molecule has 1 aliphatic heterocycles. The quantitative estimate of drug-likeness (QED) is 0.891. The van der Waals surface area contributed by atoms with E-state index in [0.29, 0.717) is 24.6 Å². The standard InChI is InChI=1S/C15H21FN2O/c1-10-6-4-8-18(13(10)9-17)15(19)12-7-3-5-11(2)14(12)16/h3,5,7,10,13H,4,6,8-9,17H2,1-2H3/t10-,13-/m1/s1. The Morgan fingerprint density at radius 3 is 2.95 bits per heavy atom. The Bertz CT molecular complexity index is 475. The second-order valence-corrected chi connectivity index (χ2v) is 5.36. The van der Waals surface area contributed by atoms with Crippen LogP contribution in [0.3, 0.4) is 0 Å². The van der Waals surface area contributed by atoms with Crippen LogP contribution in [-0.4, -0.2) is 29.9 Å². The van der Waals surface area contributed by atoms with E-state index in [4.69, 9.17) is 5.73 Å². The molecule has 0 bridgehead atoms. The van der Waals surface area contributed by atoms with Crippen LogP contribution in [-0.2, 0) is 0 Å². The fraction of sp³-hybridized carbons (Fsp3) is 0.533. The van der Waals surface area contributed by atoms with Gasteiger partial charge in [-0.15, -0.1) is 0 Å². The molecule has 19 heavy (non-hydrogen) atoms. The highest BCUT2D eigenvalue weighted by atomic mass is 19.1. The van der Waals surface area contributed by atoms with Crippen molar-refractivity contribution in [3.05, 3.63) is 35.1 Å². The molecule has 1 aliphatic rings. The van der Waals surface area contributed by atoms with Gasteiger partial charge in [-0.1, -0.05) is 19.1 Å². The van der Waals surface area contributed by atoms with Crippen molar-refractivity contribution in [3.8, 4) is 0 Å². The summed E-state index contributed by atoms with van der Waals surface area (Å²) >= 11 is 0. The van der Waals surface area contributed by atoms with E-state index in [1.54, 1.807) is 30.0 Å². The van der Waals surface area contributed by atoms with Gasteiger partial charge >= 0.3 is 0 Å². The number of hydrogen-bond donors (Lipinski definition) is 1. The van der Waals surface area contributed by atoms with Crippen LogP contribution in [0.4, 0.5) is 4.39 Å². The molecule has 1 fully saturated rings. The highest BCUT2D eigenvalue weighted by molar-refractivity contribution is 5.95. The van der Waals surface area contributed by atoms with Crippen molar-refractivity contribution in [1.29, 1.82) is 0 Å². The molecule has 2 rings (SSSR count). The first kappa shape index (κ1) is 14.0. The third-order valence-corrected chi connectivity index (χ3v) is 4.04. The van der Waals surface area contributed by atoms with Gasteiger partial charge in [0.2, 0.25) is 0 Å². The SMILES string of the molecule is Cc1cccc(C(=O)N2CCC[C@@H](C)[C@H]2CN)c1F. The van der Waals surface area contributed by atoms with Crippen molar-refractivity contribution >= 4 is 5.91 Å². The largest absolute Gasteiger partial charge is 0.334 e. The minimum Gasteiger partial charge on any atom is -0.334 e. The molecule has 0 aliphatic carbocycles. The van der Waals surface area contributed by atoms with Crippen LogP contribution in [0.25, 0.3) is 0 Å². The molecule has 0 aromatic heterocycles. The summed E-state index contributed by atoms with van der Waals surface area (Å²) in [5.41, 5.74) is 6.44. The van der Waals surface area contributed by atoms with Gasteiger partial charge in [0.05, 0.1) is 5.56 Å². The third-order valence-electron chi connectivity index (χ3n) is 4.04. The van der Waals surface area contributed by atoms with Gasteiger partial charge < -0.3 is 10.6 Å². The lowest BCUT2D eigenvalue weighted by atomic mass is 9.90. The summed E-state index contributed by atoms with van der Waals surface area (Å²) in [7, 11) is 0. The molecule has 2 N–H and O–H groups in total. The minimum atomic E-state index is -0.415. The number of hydrogen-bond acceptors (Lipinski definition) is 2. The summed E-state index contributed by atoms with van der Waals surface area (Å²) in [5.74, 6) is -0.278. The zero-order chi connectivity index (χ0) is 14.0. The second kappa shape index (κ2) is 5.70. The average Bonchev–Trinajstić information content (AvgIpc) is 2.41. The Morgan fingerprint density at radius 2 is 2.26 bits per heavy atom. The van der Waals surface area contributed by atoms with Crippen LogP contribution in [0.5, 0.6) is 0 Å². The van der Waals surface area contributed by atoms with Gasteiger partial charge in [0, 0.05) is 19.1 Å². The monoisotopic (exact) mass is 264 g/mol. The average molecular weight is 264 g/mol. The number of rotatable bonds is 2. The summed E-state index contributed by atoms with van der Waals surface area (Å²) in [5, 5.41) is 0. The molecule has 1 aromatic carbocycles. The molecule has 104 valence electrons. The normalized spacial score (nSPS) is 23.5. The summed E-state index contributed by atoms with van der Waals surface area (Å²) in [6.07, 6.45) is 2.03. The first-order chi connectivity index (χ1) is 9.06. The van der Waals surface area contributed by atoms with Crippen molar-refractivity contribution in [3.63, 3.8) is 0 Å². The number of aryl methyl sites for hydroxylation is 1. The van der Waals surface area contributed by atoms with E-state index in [1.807, 2.05) is 0 Å². The van der Waals surface area contributed by atoms with E-state index in [9.17, 15) is 9.18 Å². The van der Waals surface area contributed by atoms with Crippen molar-refractivity contribution in [2.24, 2.45) is 11.7 Å². The first-order valence-electron chi connectivity index (χ1n) is 6.82. The van der Waals surface area contributed by atoms with Gasteiger partial charge in [0.25, 0.3) is 5.91 Å². The molecule has 0 radical (unpaired) electrons. The molecule has 0 saturated carbocycles. The maximum Gasteiger partial charge on any atom is 0.257 e. The summed E-state index contributed by atoms with van der Waals surface area (Å²) in [6.45, 7) is 4.87. The molecule has 2 atom stereocenters. The first-order valence-corrected chi connectivity index (χ1v) is 6.82. The van der Waals surface area contributed by atoms with Gasteiger partial charge in [-0.25, -0.2) is 4.39 Å². The Morgan fingerprint density at radius 1 is 1.53 bits per heavy atom. The highest BCUT2D eigenvalue weighted by Gasteiger charge is 2.32. The van der Waals surface area contributed by atoms with Crippen molar-refractivity contribution in [1.82, 2.24) is 4.90 Å². The zero-order valence-electron chi connectivity index (χ0n) is 11.5. The summed E-state index contributed by atoms with van der Waals surface area (Å²) in [6, 6.07) is 4.96. The van der Waals surface area contributed by atoms with Crippen LogP contribution in [0.2, 0.25) is 0 Å². The molecule has 1 heterocycles. The van der Waals surface area contributed by atoms with Crippen LogP contribution in [0.1, 0.15) is 35.7 Å². The molecule has 1 aromatic rings. The smallest absolute Gasteiger partial charge is 0.257 e. The molecule has 3 nitrogen and oxygen atoms in total. The van der Waals surface area contributed by atoms with Crippen LogP contribution >= 0.6 is 0 Å². The molecule has 1 saturated heterocycles. The Balaban J connectivity index is 2.29. The molecule has 0 spiro atoms. The van der Waals surface area contributed by atoms with Crippen LogP contribution in [0, 0.1) is 18.7 Å². The highest BCUT2D eigenvalue weighted by Crippen LogP contribution is 2.25. The number of halogens is 1. The Kier molecular flexibility index (Phi) is 4.20. The van der Waals surface area contributed by atoms with Crippen molar-refractivity contribution < 1.29 is 9.18 Å². The number of carbonyl (C=O) groups excluding carboxylic acids is 1. The lowest BCUT2D eigenvalue weighted by molar-refractivity contribution is 0.0527. The van der Waals surface area contributed by atoms with Gasteiger partial charge in [0.1, 0.15) is 5.82 Å². The van der Waals surface area contributed by atoms with Gasteiger partial charge in [0.15, 0.2) is 0 Å². The van der Waals surface area contributed by atoms with E-state index >= 15 is 0 Å². The fourth-order valence-corrected chi connectivity index (χ4v) is 2.83. The predicted octanol–water partition coefficient (Wildman–Crippen LogP) is 2.33. The van der Waals surface area contributed by atoms with Crippen LogP contribution < -0.4 is 5.73 Å². The van der Waals surface area contributed by atoms with Gasteiger partial charge in [-0.05, 0) is 37.3 Å². The summed E-state index contributed by atoms with van der Waals surface area (Å²) < 4.78 is 14.1. The third kappa shape index (κ3) is 2.63. The lowest BCUT2D eigenvalue weighted by Crippen LogP contribution is -2.51. The number of likely N-dealkylation sites (tertiary alicyclic amines) is 1. The predicted molar refractivity (Wildman–Crippen MR) is 73.4 cm³/mol. The molecular formula is C15H21FN2O. The number of benzene rings is 1. The fourth-order valence-electron chi connectivity index (χ4n) is 2.83. The van der Waals surface area contributed by atoms with E-state index in [0.717, 1.165) is 12.8 Å². The van der Waals surface area contributed by atoms with Crippen molar-refractivity contribution in [2.45, 2.75) is 32.7 Å². The van der Waals surface area contributed by atoms with E-state index in [-0.39, 0.29) is 17.5 Å². The zero-order valence-corrected chi connectivity index (χ0v) is 11.5. The maximum absolute atomic E-state index is 14.1. The van der Waals surface area contributed by atoms with E-state index in [1.165, 1.54) is 0 Å². The topological polar surface area (TPSA) is 46.3 Å². The van der Waals surface area contributed by atoms with Crippen LogP contribution in [0.15, 0.2) is 18.2 Å². The molecule has 1 amide bonds. The molecule has 4 heteroatoms. The maximum atomic E-state index is 14.1. The number of nitrogens with two attached hydrogens (primary N) is 1. The number of piperidine rings is 1. The van der Waals surface area contributed by atoms with Crippen molar-refractivity contribution in [2.75, 3.05) is 13.1 Å². The number of nitrogens with zero attached hydrogens (tertiary/aromatic N) is 1. The van der Waals surface area contributed by atoms with E-state index in [2.05, 4.69) is 6.92 Å². The van der Waals surface area contributed by atoms with Gasteiger partial charge in [-0.3, -0.25) is 4.79 Å². The van der Waals surface area contributed by atoms with E-state index < -0.39 is 5.82 Å².